The topological polar surface area (TPSA) is 92.2 Å². The van der Waals surface area contributed by atoms with Gasteiger partial charge in [0.25, 0.3) is 0 Å². The molecule has 2 N–H and O–H groups in total. The summed E-state index contributed by atoms with van der Waals surface area (Å²) in [5, 5.41) is 13.9. The van der Waals surface area contributed by atoms with E-state index in [4.69, 9.17) is 0 Å². The summed E-state index contributed by atoms with van der Waals surface area (Å²) in [6.07, 6.45) is 3.51. The maximum absolute atomic E-state index is 11.9. The van der Waals surface area contributed by atoms with Crippen LogP contribution in [0.3, 0.4) is 0 Å². The molecule has 1 aliphatic rings. The number of anilines is 1. The summed E-state index contributed by atoms with van der Waals surface area (Å²) in [6, 6.07) is 9.34. The van der Waals surface area contributed by atoms with Crippen LogP contribution in [-0.4, -0.2) is 52.6 Å². The monoisotopic (exact) mass is 374 g/mol. The Kier molecular flexibility index (Phi) is 6.11. The van der Waals surface area contributed by atoms with Gasteiger partial charge < -0.3 is 10.2 Å². The van der Waals surface area contributed by atoms with Gasteiger partial charge in [-0.15, -0.1) is 10.2 Å². The van der Waals surface area contributed by atoms with E-state index in [1.807, 2.05) is 34.9 Å². The lowest BCUT2D eigenvalue weighted by Gasteiger charge is -2.27. The molecule has 0 unspecified atom stereocenters. The highest BCUT2D eigenvalue weighted by atomic mass is 32.2. The highest BCUT2D eigenvalue weighted by molar-refractivity contribution is 7.99. The van der Waals surface area contributed by atoms with Crippen LogP contribution in [0, 0.1) is 0 Å². The molecule has 26 heavy (non-hydrogen) atoms. The summed E-state index contributed by atoms with van der Waals surface area (Å²) < 4.78 is 1.98. The van der Waals surface area contributed by atoms with Crippen molar-refractivity contribution in [3.8, 4) is 5.69 Å². The summed E-state index contributed by atoms with van der Waals surface area (Å²) in [7, 11) is 1.46. The molecule has 2 aromatic rings. The van der Waals surface area contributed by atoms with Gasteiger partial charge in [-0.3, -0.25) is 14.7 Å². The number of carbonyl (C=O) groups excluding carboxylic acids is 2. The molecule has 138 valence electrons. The summed E-state index contributed by atoms with van der Waals surface area (Å²) in [5.41, 5.74) is 0.951. The van der Waals surface area contributed by atoms with E-state index in [2.05, 4.69) is 25.7 Å². The van der Waals surface area contributed by atoms with Crippen molar-refractivity contribution in [2.24, 2.45) is 0 Å². The molecular weight excluding hydrogens is 352 g/mol. The number of piperidine rings is 1. The van der Waals surface area contributed by atoms with Gasteiger partial charge >= 0.3 is 6.03 Å². The molecular formula is C17H22N6O2S. The molecule has 2 heterocycles. The van der Waals surface area contributed by atoms with E-state index in [1.54, 1.807) is 0 Å². The smallest absolute Gasteiger partial charge is 0.321 e. The number of urea groups is 1. The van der Waals surface area contributed by atoms with Crippen molar-refractivity contribution in [1.82, 2.24) is 25.4 Å². The first kappa shape index (κ1) is 18.2. The number of carbonyl (C=O) groups is 2. The fourth-order valence-corrected chi connectivity index (χ4v) is 3.56. The van der Waals surface area contributed by atoms with Gasteiger partial charge in [-0.1, -0.05) is 30.0 Å². The number of nitrogens with one attached hydrogen (secondary N) is 2. The quantitative estimate of drug-likeness (QED) is 0.776. The number of aromatic nitrogens is 3. The highest BCUT2D eigenvalue weighted by Crippen LogP contribution is 2.28. The Morgan fingerprint density at radius 2 is 1.85 bits per heavy atom. The molecule has 1 aromatic heterocycles. The fourth-order valence-electron chi connectivity index (χ4n) is 2.81. The predicted molar refractivity (Wildman–Crippen MR) is 101 cm³/mol. The molecule has 8 nitrogen and oxygen atoms in total. The van der Waals surface area contributed by atoms with Crippen LogP contribution in [0.4, 0.5) is 10.7 Å². The summed E-state index contributed by atoms with van der Waals surface area (Å²) >= 11 is 1.26. The van der Waals surface area contributed by atoms with Crippen LogP contribution in [0.5, 0.6) is 0 Å². The van der Waals surface area contributed by atoms with E-state index in [9.17, 15) is 9.59 Å². The second-order valence-electron chi connectivity index (χ2n) is 5.92. The molecule has 1 aromatic carbocycles. The number of benzene rings is 1. The van der Waals surface area contributed by atoms with Crippen molar-refractivity contribution in [2.45, 2.75) is 24.4 Å². The van der Waals surface area contributed by atoms with Gasteiger partial charge in [-0.05, 0) is 31.4 Å². The summed E-state index contributed by atoms with van der Waals surface area (Å²) in [4.78, 5) is 25.4. The molecule has 3 rings (SSSR count). The zero-order valence-electron chi connectivity index (χ0n) is 14.6. The zero-order chi connectivity index (χ0) is 18.4. The van der Waals surface area contributed by atoms with Crippen molar-refractivity contribution in [1.29, 1.82) is 0 Å². The Bertz CT molecular complexity index is 758. The molecule has 1 saturated heterocycles. The van der Waals surface area contributed by atoms with Crippen LogP contribution in [-0.2, 0) is 4.79 Å². The normalized spacial score (nSPS) is 14.1. The minimum absolute atomic E-state index is 0.0817. The molecule has 0 aliphatic carbocycles. The Hall–Kier alpha value is -2.55. The van der Waals surface area contributed by atoms with E-state index in [0.717, 1.165) is 37.6 Å². The van der Waals surface area contributed by atoms with Crippen molar-refractivity contribution >= 4 is 29.6 Å². The van der Waals surface area contributed by atoms with E-state index in [1.165, 1.54) is 25.2 Å². The number of amides is 3. The summed E-state index contributed by atoms with van der Waals surface area (Å²) in [6.45, 7) is 1.90. The molecule has 9 heteroatoms. The maximum Gasteiger partial charge on any atom is 0.321 e. The van der Waals surface area contributed by atoms with E-state index < -0.39 is 6.03 Å². The molecule has 0 radical (unpaired) electrons. The van der Waals surface area contributed by atoms with Crippen molar-refractivity contribution in [3.63, 3.8) is 0 Å². The van der Waals surface area contributed by atoms with Crippen LogP contribution in [0.25, 0.3) is 5.69 Å². The fraction of sp³-hybridized carbons (Fsp3) is 0.412. The van der Waals surface area contributed by atoms with Crippen molar-refractivity contribution < 1.29 is 9.59 Å². The van der Waals surface area contributed by atoms with Gasteiger partial charge in [0, 0.05) is 20.1 Å². The molecule has 1 aliphatic heterocycles. The minimum atomic E-state index is -0.519. The first-order chi connectivity index (χ1) is 12.7. The number of rotatable bonds is 5. The maximum atomic E-state index is 11.9. The Morgan fingerprint density at radius 1 is 1.12 bits per heavy atom. The number of hydrogen-bond donors (Lipinski definition) is 2. The van der Waals surface area contributed by atoms with Crippen LogP contribution in [0.2, 0.25) is 0 Å². The average Bonchev–Trinajstić information content (AvgIpc) is 3.11. The first-order valence-electron chi connectivity index (χ1n) is 8.59. The number of nitrogens with zero attached hydrogens (tertiary/aromatic N) is 4. The molecule has 0 saturated carbocycles. The zero-order valence-corrected chi connectivity index (χ0v) is 15.5. The van der Waals surface area contributed by atoms with E-state index in [0.29, 0.717) is 5.16 Å². The lowest BCUT2D eigenvalue weighted by Crippen LogP contribution is -2.38. The first-order valence-corrected chi connectivity index (χ1v) is 9.57. The van der Waals surface area contributed by atoms with Gasteiger partial charge in [-0.2, -0.15) is 0 Å². The lowest BCUT2D eigenvalue weighted by atomic mass is 10.1. The Labute approximate surface area is 156 Å². The van der Waals surface area contributed by atoms with Gasteiger partial charge in [0.1, 0.15) is 0 Å². The number of thioether (sulfide) groups is 1. The van der Waals surface area contributed by atoms with Crippen LogP contribution in [0.15, 0.2) is 35.5 Å². The van der Waals surface area contributed by atoms with E-state index in [-0.39, 0.29) is 11.7 Å². The highest BCUT2D eigenvalue weighted by Gasteiger charge is 2.22. The van der Waals surface area contributed by atoms with Crippen LogP contribution >= 0.6 is 11.8 Å². The molecule has 0 atom stereocenters. The van der Waals surface area contributed by atoms with Crippen molar-refractivity contribution in [3.05, 3.63) is 30.3 Å². The Balaban J connectivity index is 1.82. The second kappa shape index (κ2) is 8.70. The van der Waals surface area contributed by atoms with Gasteiger partial charge in [0.05, 0.1) is 11.4 Å². The predicted octanol–water partition coefficient (Wildman–Crippen LogP) is 1.81. The lowest BCUT2D eigenvalue weighted by molar-refractivity contribution is -0.117. The summed E-state index contributed by atoms with van der Waals surface area (Å²) in [5.74, 6) is 0.500. The molecule has 3 amide bonds. The largest absolute Gasteiger partial charge is 0.341 e. The van der Waals surface area contributed by atoms with Gasteiger partial charge in [0.15, 0.2) is 5.16 Å². The van der Waals surface area contributed by atoms with Crippen LogP contribution < -0.4 is 15.5 Å². The van der Waals surface area contributed by atoms with Crippen LogP contribution in [0.1, 0.15) is 19.3 Å². The van der Waals surface area contributed by atoms with E-state index >= 15 is 0 Å². The number of para-hydroxylation sites is 1. The standard InChI is InChI=1S/C17H22N6O2S/c1-18-15(25)19-14(24)12-26-17-21-20-16(22-10-6-3-7-11-22)23(17)13-8-4-2-5-9-13/h2,4-5,8-9H,3,6-7,10-12H2,1H3,(H2,18,19,24,25). The average molecular weight is 374 g/mol. The molecule has 0 spiro atoms. The van der Waals surface area contributed by atoms with Gasteiger partial charge in [-0.25, -0.2) is 4.79 Å². The number of imide groups is 1. The molecule has 0 bridgehead atoms. The SMILES string of the molecule is CNC(=O)NC(=O)CSc1nnc(N2CCCCC2)n1-c1ccccc1. The second-order valence-corrected chi connectivity index (χ2v) is 6.86. The third-order valence-electron chi connectivity index (χ3n) is 4.08. The van der Waals surface area contributed by atoms with Crippen molar-refractivity contribution in [2.75, 3.05) is 30.8 Å². The van der Waals surface area contributed by atoms with Gasteiger partial charge in [0.2, 0.25) is 11.9 Å². The Morgan fingerprint density at radius 3 is 2.54 bits per heavy atom. The third-order valence-corrected chi connectivity index (χ3v) is 5.01. The molecule has 1 fully saturated rings. The third kappa shape index (κ3) is 4.34. The number of hydrogen-bond acceptors (Lipinski definition) is 6. The minimum Gasteiger partial charge on any atom is -0.341 e.